The monoisotopic (exact) mass is 286 g/mol. The van der Waals surface area contributed by atoms with E-state index < -0.39 is 0 Å². The lowest BCUT2D eigenvalue weighted by molar-refractivity contribution is -0.120. The number of hydrogen-bond acceptors (Lipinski definition) is 3. The van der Waals surface area contributed by atoms with Crippen molar-refractivity contribution in [2.45, 2.75) is 20.3 Å². The van der Waals surface area contributed by atoms with Crippen molar-refractivity contribution in [3.05, 3.63) is 42.7 Å². The van der Waals surface area contributed by atoms with Gasteiger partial charge in [-0.2, -0.15) is 5.10 Å². The number of benzene rings is 1. The molecule has 0 aliphatic carbocycles. The average Bonchev–Trinajstić information content (AvgIpc) is 2.99. The Morgan fingerprint density at radius 3 is 2.81 bits per heavy atom. The van der Waals surface area contributed by atoms with Gasteiger partial charge < -0.3 is 11.1 Å². The molecule has 5 nitrogen and oxygen atoms in total. The fraction of sp³-hybridized carbons (Fsp3) is 0.375. The van der Waals surface area contributed by atoms with E-state index in [1.54, 1.807) is 10.9 Å². The highest BCUT2D eigenvalue weighted by atomic mass is 16.1. The van der Waals surface area contributed by atoms with Crippen LogP contribution in [0.2, 0.25) is 0 Å². The van der Waals surface area contributed by atoms with Crippen LogP contribution >= 0.6 is 0 Å². The Bertz CT molecular complexity index is 578. The van der Waals surface area contributed by atoms with Gasteiger partial charge in [0.1, 0.15) is 0 Å². The predicted octanol–water partition coefficient (Wildman–Crippen LogP) is 2.43. The molecule has 0 bridgehead atoms. The molecule has 1 amide bonds. The lowest BCUT2D eigenvalue weighted by Crippen LogP contribution is -2.30. The van der Waals surface area contributed by atoms with Crippen LogP contribution in [0.4, 0.5) is 5.69 Å². The molecule has 21 heavy (non-hydrogen) atoms. The number of aromatic nitrogens is 2. The van der Waals surface area contributed by atoms with Crippen molar-refractivity contribution in [3.8, 4) is 5.69 Å². The van der Waals surface area contributed by atoms with Crippen LogP contribution in [-0.2, 0) is 4.79 Å². The maximum Gasteiger partial charge on any atom is 0.228 e. The summed E-state index contributed by atoms with van der Waals surface area (Å²) < 4.78 is 1.75. The van der Waals surface area contributed by atoms with Crippen molar-refractivity contribution < 1.29 is 4.79 Å². The van der Waals surface area contributed by atoms with Gasteiger partial charge in [0.25, 0.3) is 0 Å². The van der Waals surface area contributed by atoms with Crippen LogP contribution < -0.4 is 11.1 Å². The van der Waals surface area contributed by atoms with Crippen molar-refractivity contribution >= 4 is 11.6 Å². The smallest absolute Gasteiger partial charge is 0.228 e. The lowest BCUT2D eigenvalue weighted by Gasteiger charge is -2.17. The SMILES string of the molecule is CC(C)CC(CN)C(=O)Nc1cccc(-n2cccn2)c1. The first kappa shape index (κ1) is 15.3. The zero-order chi connectivity index (χ0) is 15.2. The first-order chi connectivity index (χ1) is 10.1. The Labute approximate surface area is 125 Å². The summed E-state index contributed by atoms with van der Waals surface area (Å²) >= 11 is 0. The van der Waals surface area contributed by atoms with Crippen LogP contribution in [0.3, 0.4) is 0 Å². The number of carbonyl (C=O) groups excluding carboxylic acids is 1. The number of anilines is 1. The molecule has 0 saturated carbocycles. The second kappa shape index (κ2) is 7.04. The van der Waals surface area contributed by atoms with Gasteiger partial charge in [-0.15, -0.1) is 0 Å². The molecule has 0 spiro atoms. The van der Waals surface area contributed by atoms with E-state index in [0.29, 0.717) is 12.5 Å². The summed E-state index contributed by atoms with van der Waals surface area (Å²) in [5.41, 5.74) is 7.38. The van der Waals surface area contributed by atoms with Crippen LogP contribution in [0.1, 0.15) is 20.3 Å². The van der Waals surface area contributed by atoms with E-state index in [2.05, 4.69) is 24.3 Å². The van der Waals surface area contributed by atoms with Gasteiger partial charge >= 0.3 is 0 Å². The minimum atomic E-state index is -0.154. The van der Waals surface area contributed by atoms with Crippen molar-refractivity contribution in [1.82, 2.24) is 9.78 Å². The molecule has 5 heteroatoms. The van der Waals surface area contributed by atoms with E-state index in [1.165, 1.54) is 0 Å². The summed E-state index contributed by atoms with van der Waals surface area (Å²) in [4.78, 5) is 12.3. The van der Waals surface area contributed by atoms with Crippen molar-refractivity contribution in [2.75, 3.05) is 11.9 Å². The van der Waals surface area contributed by atoms with Gasteiger partial charge in [0.15, 0.2) is 0 Å². The predicted molar refractivity (Wildman–Crippen MR) is 84.2 cm³/mol. The molecule has 0 saturated heterocycles. The average molecular weight is 286 g/mol. The number of nitrogens with one attached hydrogen (secondary N) is 1. The summed E-state index contributed by atoms with van der Waals surface area (Å²) in [5.74, 6) is 0.266. The van der Waals surface area contributed by atoms with Gasteiger partial charge in [0.05, 0.1) is 11.6 Å². The van der Waals surface area contributed by atoms with Gasteiger partial charge in [-0.25, -0.2) is 4.68 Å². The largest absolute Gasteiger partial charge is 0.330 e. The number of carbonyl (C=O) groups is 1. The standard InChI is InChI=1S/C16H22N4O/c1-12(2)9-13(11-17)16(21)19-14-5-3-6-15(10-14)20-8-4-7-18-20/h3-8,10,12-13H,9,11,17H2,1-2H3,(H,19,21). The van der Waals surface area contributed by atoms with E-state index in [9.17, 15) is 4.79 Å². The molecule has 0 radical (unpaired) electrons. The third-order valence-corrected chi connectivity index (χ3v) is 3.29. The summed E-state index contributed by atoms with van der Waals surface area (Å²) in [5, 5.41) is 7.12. The minimum absolute atomic E-state index is 0.0242. The number of nitrogens with two attached hydrogens (primary N) is 1. The molecular weight excluding hydrogens is 264 g/mol. The number of hydrogen-bond donors (Lipinski definition) is 2. The Kier molecular flexibility index (Phi) is 5.11. The topological polar surface area (TPSA) is 72.9 Å². The van der Waals surface area contributed by atoms with Crippen molar-refractivity contribution in [1.29, 1.82) is 0 Å². The van der Waals surface area contributed by atoms with Crippen LogP contribution in [0.15, 0.2) is 42.7 Å². The van der Waals surface area contributed by atoms with Crippen molar-refractivity contribution in [3.63, 3.8) is 0 Å². The van der Waals surface area contributed by atoms with E-state index in [1.807, 2.05) is 36.5 Å². The zero-order valence-electron chi connectivity index (χ0n) is 12.5. The molecule has 0 aliphatic rings. The third kappa shape index (κ3) is 4.16. The van der Waals surface area contributed by atoms with E-state index in [-0.39, 0.29) is 11.8 Å². The number of rotatable bonds is 6. The first-order valence-electron chi connectivity index (χ1n) is 7.21. The summed E-state index contributed by atoms with van der Waals surface area (Å²) in [6.45, 7) is 4.55. The molecule has 1 unspecified atom stereocenters. The van der Waals surface area contributed by atoms with E-state index in [0.717, 1.165) is 17.8 Å². The maximum atomic E-state index is 12.3. The van der Waals surface area contributed by atoms with E-state index in [4.69, 9.17) is 5.73 Å². The Balaban J connectivity index is 2.09. The summed E-state index contributed by atoms with van der Waals surface area (Å²) in [7, 11) is 0. The van der Waals surface area contributed by atoms with Crippen LogP contribution in [0.25, 0.3) is 5.69 Å². The van der Waals surface area contributed by atoms with Crippen LogP contribution in [-0.4, -0.2) is 22.2 Å². The molecule has 1 heterocycles. The Hall–Kier alpha value is -2.14. The van der Waals surface area contributed by atoms with Gasteiger partial charge in [-0.05, 0) is 36.6 Å². The Morgan fingerprint density at radius 1 is 1.38 bits per heavy atom. The molecule has 0 fully saturated rings. The molecular formula is C16H22N4O. The third-order valence-electron chi connectivity index (χ3n) is 3.29. The summed E-state index contributed by atoms with van der Waals surface area (Å²) in [6, 6.07) is 9.46. The highest BCUT2D eigenvalue weighted by Crippen LogP contribution is 2.17. The minimum Gasteiger partial charge on any atom is -0.330 e. The normalized spacial score (nSPS) is 12.4. The fourth-order valence-electron chi connectivity index (χ4n) is 2.27. The van der Waals surface area contributed by atoms with Gasteiger partial charge in [-0.1, -0.05) is 19.9 Å². The highest BCUT2D eigenvalue weighted by molar-refractivity contribution is 5.92. The fourth-order valence-corrected chi connectivity index (χ4v) is 2.27. The van der Waals surface area contributed by atoms with Crippen molar-refractivity contribution in [2.24, 2.45) is 17.6 Å². The quantitative estimate of drug-likeness (QED) is 0.856. The number of nitrogens with zero attached hydrogens (tertiary/aromatic N) is 2. The van der Waals surface area contributed by atoms with Crippen LogP contribution in [0.5, 0.6) is 0 Å². The molecule has 112 valence electrons. The van der Waals surface area contributed by atoms with Gasteiger partial charge in [0.2, 0.25) is 5.91 Å². The molecule has 1 aromatic heterocycles. The first-order valence-corrected chi connectivity index (χ1v) is 7.21. The zero-order valence-corrected chi connectivity index (χ0v) is 12.5. The van der Waals surface area contributed by atoms with Crippen LogP contribution in [0, 0.1) is 11.8 Å². The summed E-state index contributed by atoms with van der Waals surface area (Å²) in [6.07, 6.45) is 4.38. The molecule has 1 atom stereocenters. The second-order valence-corrected chi connectivity index (χ2v) is 5.55. The molecule has 2 aromatic rings. The Morgan fingerprint density at radius 2 is 2.19 bits per heavy atom. The number of amides is 1. The second-order valence-electron chi connectivity index (χ2n) is 5.55. The molecule has 0 aliphatic heterocycles. The molecule has 1 aromatic carbocycles. The molecule has 2 rings (SSSR count). The highest BCUT2D eigenvalue weighted by Gasteiger charge is 2.18. The lowest BCUT2D eigenvalue weighted by atomic mass is 9.96. The maximum absolute atomic E-state index is 12.3. The van der Waals surface area contributed by atoms with Gasteiger partial charge in [-0.3, -0.25) is 4.79 Å². The molecule has 3 N–H and O–H groups in total. The van der Waals surface area contributed by atoms with E-state index >= 15 is 0 Å². The van der Waals surface area contributed by atoms with Gasteiger partial charge in [0, 0.05) is 24.6 Å².